The molecular weight excluding hydrogens is 266 g/mol. The normalized spacial score (nSPS) is 10.2. The second-order valence-electron chi connectivity index (χ2n) is 4.11. The lowest BCUT2D eigenvalue weighted by Crippen LogP contribution is -2.36. The standard InChI is InChI=1S/C13H17NO4S/c1-2-7-14(9-13(17)18)12(16)6-5-10(15)11-4-3-8-19-11/h3-4,8H,2,5-7,9H2,1H3,(H,17,18). The van der Waals surface area contributed by atoms with Gasteiger partial charge in [0.15, 0.2) is 5.78 Å². The lowest BCUT2D eigenvalue weighted by Gasteiger charge is -2.19. The van der Waals surface area contributed by atoms with Gasteiger partial charge in [0.05, 0.1) is 4.88 Å². The Hall–Kier alpha value is -1.69. The van der Waals surface area contributed by atoms with Crippen LogP contribution < -0.4 is 0 Å². The molecule has 0 aromatic carbocycles. The molecule has 0 atom stereocenters. The van der Waals surface area contributed by atoms with Crippen molar-refractivity contribution >= 4 is 29.0 Å². The van der Waals surface area contributed by atoms with Gasteiger partial charge in [0.2, 0.25) is 5.91 Å². The molecule has 104 valence electrons. The lowest BCUT2D eigenvalue weighted by molar-refractivity contribution is -0.144. The van der Waals surface area contributed by atoms with E-state index in [1.54, 1.807) is 12.1 Å². The second-order valence-corrected chi connectivity index (χ2v) is 5.06. The van der Waals surface area contributed by atoms with Crippen LogP contribution in [0.5, 0.6) is 0 Å². The number of hydrogen-bond donors (Lipinski definition) is 1. The van der Waals surface area contributed by atoms with Gasteiger partial charge in [-0.15, -0.1) is 11.3 Å². The largest absolute Gasteiger partial charge is 0.480 e. The van der Waals surface area contributed by atoms with E-state index in [4.69, 9.17) is 5.11 Å². The summed E-state index contributed by atoms with van der Waals surface area (Å²) in [7, 11) is 0. The van der Waals surface area contributed by atoms with Gasteiger partial charge in [0, 0.05) is 19.4 Å². The van der Waals surface area contributed by atoms with E-state index in [1.807, 2.05) is 12.3 Å². The molecule has 0 fully saturated rings. The number of aliphatic carboxylic acids is 1. The number of ketones is 1. The van der Waals surface area contributed by atoms with Crippen LogP contribution in [-0.4, -0.2) is 40.8 Å². The Kier molecular flexibility index (Phi) is 6.21. The molecule has 6 heteroatoms. The maximum atomic E-state index is 11.9. The number of rotatable bonds is 8. The molecule has 1 amide bonds. The Bertz CT molecular complexity index is 442. The molecule has 1 heterocycles. The predicted octanol–water partition coefficient (Wildman–Crippen LogP) is 2.03. The van der Waals surface area contributed by atoms with Crippen molar-refractivity contribution in [3.63, 3.8) is 0 Å². The van der Waals surface area contributed by atoms with E-state index in [2.05, 4.69) is 0 Å². The third-order valence-electron chi connectivity index (χ3n) is 2.53. The van der Waals surface area contributed by atoms with Gasteiger partial charge in [0.1, 0.15) is 6.54 Å². The van der Waals surface area contributed by atoms with E-state index in [9.17, 15) is 14.4 Å². The van der Waals surface area contributed by atoms with Gasteiger partial charge in [-0.05, 0) is 17.9 Å². The minimum absolute atomic E-state index is 0.0595. The first-order chi connectivity index (χ1) is 9.04. The first-order valence-corrected chi connectivity index (χ1v) is 6.98. The molecule has 0 unspecified atom stereocenters. The Labute approximate surface area is 115 Å². The van der Waals surface area contributed by atoms with E-state index >= 15 is 0 Å². The summed E-state index contributed by atoms with van der Waals surface area (Å²) < 4.78 is 0. The molecular formula is C13H17NO4S. The number of hydrogen-bond acceptors (Lipinski definition) is 4. The van der Waals surface area contributed by atoms with Crippen molar-refractivity contribution in [2.75, 3.05) is 13.1 Å². The highest BCUT2D eigenvalue weighted by Crippen LogP contribution is 2.13. The van der Waals surface area contributed by atoms with Crippen molar-refractivity contribution in [1.29, 1.82) is 0 Å². The zero-order valence-electron chi connectivity index (χ0n) is 10.8. The molecule has 0 radical (unpaired) electrons. The average molecular weight is 283 g/mol. The molecule has 0 aliphatic rings. The van der Waals surface area contributed by atoms with Gasteiger partial charge in [-0.25, -0.2) is 0 Å². The van der Waals surface area contributed by atoms with E-state index in [0.29, 0.717) is 17.8 Å². The van der Waals surface area contributed by atoms with Gasteiger partial charge in [-0.2, -0.15) is 0 Å². The Morgan fingerprint density at radius 3 is 2.58 bits per heavy atom. The highest BCUT2D eigenvalue weighted by atomic mass is 32.1. The summed E-state index contributed by atoms with van der Waals surface area (Å²) >= 11 is 1.34. The molecule has 1 aromatic heterocycles. The summed E-state index contributed by atoms with van der Waals surface area (Å²) in [4.78, 5) is 36.2. The fourth-order valence-electron chi connectivity index (χ4n) is 1.66. The average Bonchev–Trinajstić information content (AvgIpc) is 2.88. The number of carbonyl (C=O) groups excluding carboxylic acids is 2. The van der Waals surface area contributed by atoms with Crippen molar-refractivity contribution in [2.45, 2.75) is 26.2 Å². The van der Waals surface area contributed by atoms with Crippen LogP contribution in [0.4, 0.5) is 0 Å². The van der Waals surface area contributed by atoms with Gasteiger partial charge >= 0.3 is 5.97 Å². The Morgan fingerprint density at radius 1 is 1.32 bits per heavy atom. The third kappa shape index (κ3) is 5.21. The molecule has 0 saturated heterocycles. The van der Waals surface area contributed by atoms with E-state index in [1.165, 1.54) is 16.2 Å². The van der Waals surface area contributed by atoms with Crippen molar-refractivity contribution in [1.82, 2.24) is 4.90 Å². The first-order valence-electron chi connectivity index (χ1n) is 6.10. The van der Waals surface area contributed by atoms with Crippen LogP contribution in [0, 0.1) is 0 Å². The predicted molar refractivity (Wildman–Crippen MR) is 72.4 cm³/mol. The third-order valence-corrected chi connectivity index (χ3v) is 3.45. The molecule has 0 bridgehead atoms. The second kappa shape index (κ2) is 7.68. The van der Waals surface area contributed by atoms with Crippen LogP contribution in [-0.2, 0) is 9.59 Å². The number of nitrogens with zero attached hydrogens (tertiary/aromatic N) is 1. The highest BCUT2D eigenvalue weighted by Gasteiger charge is 2.17. The van der Waals surface area contributed by atoms with Crippen LogP contribution in [0.3, 0.4) is 0 Å². The number of Topliss-reactive ketones (excluding diaryl/α,β-unsaturated/α-hetero) is 1. The molecule has 0 spiro atoms. The monoisotopic (exact) mass is 283 g/mol. The van der Waals surface area contributed by atoms with Crippen LogP contribution >= 0.6 is 11.3 Å². The van der Waals surface area contributed by atoms with E-state index in [-0.39, 0.29) is 31.1 Å². The van der Waals surface area contributed by atoms with Gasteiger partial charge in [-0.3, -0.25) is 14.4 Å². The molecule has 0 aliphatic heterocycles. The van der Waals surface area contributed by atoms with Crippen LogP contribution in [0.1, 0.15) is 35.9 Å². The smallest absolute Gasteiger partial charge is 0.323 e. The highest BCUT2D eigenvalue weighted by molar-refractivity contribution is 7.12. The minimum atomic E-state index is -1.04. The van der Waals surface area contributed by atoms with Gasteiger partial charge in [0.25, 0.3) is 0 Å². The summed E-state index contributed by atoms with van der Waals surface area (Å²) in [5, 5.41) is 10.5. The van der Waals surface area contributed by atoms with E-state index < -0.39 is 5.97 Å². The summed E-state index contributed by atoms with van der Waals surface area (Å²) in [6.45, 7) is 1.97. The quantitative estimate of drug-likeness (QED) is 0.741. The zero-order chi connectivity index (χ0) is 14.3. The molecule has 1 rings (SSSR count). The van der Waals surface area contributed by atoms with Crippen LogP contribution in [0.25, 0.3) is 0 Å². The van der Waals surface area contributed by atoms with Gasteiger partial charge in [-0.1, -0.05) is 13.0 Å². The fraction of sp³-hybridized carbons (Fsp3) is 0.462. The maximum absolute atomic E-state index is 11.9. The SMILES string of the molecule is CCCN(CC(=O)O)C(=O)CCC(=O)c1cccs1. The minimum Gasteiger partial charge on any atom is -0.480 e. The summed E-state index contributed by atoms with van der Waals surface area (Å²) in [6, 6.07) is 3.51. The fourth-order valence-corrected chi connectivity index (χ4v) is 2.36. The van der Waals surface area contributed by atoms with Crippen LogP contribution in [0.15, 0.2) is 17.5 Å². The molecule has 5 nitrogen and oxygen atoms in total. The first kappa shape index (κ1) is 15.4. The molecule has 0 saturated carbocycles. The molecule has 1 N–H and O–H groups in total. The van der Waals surface area contributed by atoms with Crippen LogP contribution in [0.2, 0.25) is 0 Å². The summed E-state index contributed by atoms with van der Waals surface area (Å²) in [5.41, 5.74) is 0. The Morgan fingerprint density at radius 2 is 2.05 bits per heavy atom. The van der Waals surface area contributed by atoms with Crippen molar-refractivity contribution in [3.05, 3.63) is 22.4 Å². The zero-order valence-corrected chi connectivity index (χ0v) is 11.6. The summed E-state index contributed by atoms with van der Waals surface area (Å²) in [5.74, 6) is -1.39. The lowest BCUT2D eigenvalue weighted by atomic mass is 10.1. The topological polar surface area (TPSA) is 74.7 Å². The number of carboxylic acids is 1. The Balaban J connectivity index is 2.47. The van der Waals surface area contributed by atoms with Crippen molar-refractivity contribution in [3.8, 4) is 0 Å². The molecule has 0 aliphatic carbocycles. The number of thiophene rings is 1. The number of amides is 1. The number of carbonyl (C=O) groups is 3. The van der Waals surface area contributed by atoms with Crippen molar-refractivity contribution < 1.29 is 19.5 Å². The number of carboxylic acid groups (broad SMARTS) is 1. The maximum Gasteiger partial charge on any atom is 0.323 e. The molecule has 19 heavy (non-hydrogen) atoms. The molecule has 1 aromatic rings. The van der Waals surface area contributed by atoms with Gasteiger partial charge < -0.3 is 10.0 Å². The van der Waals surface area contributed by atoms with E-state index in [0.717, 1.165) is 0 Å². The summed E-state index contributed by atoms with van der Waals surface area (Å²) in [6.07, 6.45) is 0.876. The van der Waals surface area contributed by atoms with Crippen molar-refractivity contribution in [2.24, 2.45) is 0 Å².